The third-order valence-electron chi connectivity index (χ3n) is 5.19. The van der Waals surface area contributed by atoms with Gasteiger partial charge in [0.25, 0.3) is 0 Å². The first-order chi connectivity index (χ1) is 9.63. The molecular weight excluding hydrogens is 252 g/mol. The highest BCUT2D eigenvalue weighted by molar-refractivity contribution is 5.10. The van der Waals surface area contributed by atoms with Crippen LogP contribution in [0.3, 0.4) is 0 Å². The van der Waals surface area contributed by atoms with Crippen molar-refractivity contribution < 1.29 is 5.11 Å². The maximum Gasteiger partial charge on any atom is 0.0597 e. The number of hydrogen-bond acceptors (Lipinski definition) is 4. The number of nitrogens with zero attached hydrogens (tertiary/aromatic N) is 3. The van der Waals surface area contributed by atoms with Crippen molar-refractivity contribution in [2.24, 2.45) is 18.4 Å². The van der Waals surface area contributed by atoms with Crippen LogP contribution in [0.2, 0.25) is 0 Å². The number of aromatic nitrogens is 2. The van der Waals surface area contributed by atoms with Crippen molar-refractivity contribution in [3.63, 3.8) is 0 Å². The molecule has 112 valence electrons. The van der Waals surface area contributed by atoms with E-state index < -0.39 is 0 Å². The van der Waals surface area contributed by atoms with Gasteiger partial charge >= 0.3 is 0 Å². The number of nitrogens with one attached hydrogen (secondary N) is 1. The van der Waals surface area contributed by atoms with Crippen LogP contribution >= 0.6 is 0 Å². The van der Waals surface area contributed by atoms with Crippen LogP contribution in [0.4, 0.5) is 0 Å². The van der Waals surface area contributed by atoms with Gasteiger partial charge in [0.2, 0.25) is 0 Å². The normalized spacial score (nSPS) is 26.4. The van der Waals surface area contributed by atoms with Gasteiger partial charge in [0, 0.05) is 39.2 Å². The molecule has 20 heavy (non-hydrogen) atoms. The minimum absolute atomic E-state index is 0.320. The Labute approximate surface area is 121 Å². The average Bonchev–Trinajstić information content (AvgIpc) is 2.91. The van der Waals surface area contributed by atoms with Gasteiger partial charge in [-0.15, -0.1) is 0 Å². The van der Waals surface area contributed by atoms with Crippen molar-refractivity contribution in [1.82, 2.24) is 20.0 Å². The van der Waals surface area contributed by atoms with E-state index in [2.05, 4.69) is 21.4 Å². The molecule has 1 aromatic heterocycles. The van der Waals surface area contributed by atoms with Crippen molar-refractivity contribution >= 4 is 0 Å². The molecule has 0 aliphatic carbocycles. The fourth-order valence-corrected chi connectivity index (χ4v) is 4.05. The molecule has 2 fully saturated rings. The number of piperidine rings is 1. The van der Waals surface area contributed by atoms with Crippen molar-refractivity contribution in [2.45, 2.75) is 26.3 Å². The molecule has 0 amide bonds. The maximum atomic E-state index is 9.76. The molecule has 0 aromatic carbocycles. The van der Waals surface area contributed by atoms with E-state index >= 15 is 0 Å². The second kappa shape index (κ2) is 5.47. The Morgan fingerprint density at radius 1 is 1.45 bits per heavy atom. The summed E-state index contributed by atoms with van der Waals surface area (Å²) in [6, 6.07) is 2.17. The highest BCUT2D eigenvalue weighted by Gasteiger charge is 2.46. The average molecular weight is 278 g/mol. The Morgan fingerprint density at radius 2 is 2.20 bits per heavy atom. The molecule has 5 nitrogen and oxygen atoms in total. The van der Waals surface area contributed by atoms with Crippen molar-refractivity contribution in [3.8, 4) is 0 Å². The molecule has 1 aromatic rings. The van der Waals surface area contributed by atoms with E-state index in [1.807, 2.05) is 18.7 Å². The lowest BCUT2D eigenvalue weighted by molar-refractivity contribution is 0.0984. The highest BCUT2D eigenvalue weighted by atomic mass is 16.3. The third-order valence-corrected chi connectivity index (χ3v) is 5.19. The Hall–Kier alpha value is -0.910. The molecule has 0 radical (unpaired) electrons. The van der Waals surface area contributed by atoms with Crippen molar-refractivity contribution in [3.05, 3.63) is 17.5 Å². The van der Waals surface area contributed by atoms with Crippen LogP contribution in [0.25, 0.3) is 0 Å². The number of aliphatic hydroxyl groups excluding tert-OH is 1. The van der Waals surface area contributed by atoms with Crippen LogP contribution in [0, 0.1) is 18.3 Å². The van der Waals surface area contributed by atoms with Gasteiger partial charge in [-0.25, -0.2) is 0 Å². The minimum Gasteiger partial charge on any atom is -0.396 e. The first-order valence-corrected chi connectivity index (χ1v) is 7.66. The third kappa shape index (κ3) is 2.50. The molecule has 2 aliphatic rings. The Bertz CT molecular complexity index is 464. The lowest BCUT2D eigenvalue weighted by Crippen LogP contribution is -2.42. The van der Waals surface area contributed by atoms with Gasteiger partial charge in [0.15, 0.2) is 0 Å². The molecular formula is C15H26N4O. The number of aryl methyl sites for hydroxylation is 2. The van der Waals surface area contributed by atoms with Gasteiger partial charge < -0.3 is 10.4 Å². The molecule has 3 heterocycles. The second-order valence-electron chi connectivity index (χ2n) is 6.56. The van der Waals surface area contributed by atoms with Crippen molar-refractivity contribution in [1.29, 1.82) is 0 Å². The zero-order valence-electron chi connectivity index (χ0n) is 12.6. The number of likely N-dealkylation sites (tertiary alicyclic amines) is 1. The smallest absolute Gasteiger partial charge is 0.0597 e. The fourth-order valence-electron chi connectivity index (χ4n) is 4.05. The van der Waals surface area contributed by atoms with Crippen LogP contribution < -0.4 is 5.32 Å². The van der Waals surface area contributed by atoms with E-state index in [4.69, 9.17) is 0 Å². The summed E-state index contributed by atoms with van der Waals surface area (Å²) >= 11 is 0. The monoisotopic (exact) mass is 278 g/mol. The first-order valence-electron chi connectivity index (χ1n) is 7.66. The Morgan fingerprint density at radius 3 is 2.80 bits per heavy atom. The highest BCUT2D eigenvalue weighted by Crippen LogP contribution is 2.43. The van der Waals surface area contributed by atoms with Crippen LogP contribution in [0.1, 0.15) is 24.2 Å². The number of aliphatic hydroxyl groups is 1. The summed E-state index contributed by atoms with van der Waals surface area (Å²) < 4.78 is 1.98. The number of rotatable bonds is 3. The SMILES string of the molecule is Cc1cc(CN2CC(CO)C3(CCNCC3)C2)n(C)n1. The zero-order valence-corrected chi connectivity index (χ0v) is 12.6. The molecule has 2 aliphatic heterocycles. The quantitative estimate of drug-likeness (QED) is 0.846. The summed E-state index contributed by atoms with van der Waals surface area (Å²) in [4.78, 5) is 2.50. The molecule has 1 unspecified atom stereocenters. The van der Waals surface area contributed by atoms with Crippen LogP contribution in [-0.4, -0.2) is 52.6 Å². The van der Waals surface area contributed by atoms with Gasteiger partial charge in [-0.2, -0.15) is 5.10 Å². The zero-order chi connectivity index (χ0) is 14.2. The van der Waals surface area contributed by atoms with E-state index in [0.717, 1.165) is 38.4 Å². The minimum atomic E-state index is 0.320. The molecule has 2 saturated heterocycles. The van der Waals surface area contributed by atoms with Gasteiger partial charge in [-0.3, -0.25) is 9.58 Å². The van der Waals surface area contributed by atoms with Crippen LogP contribution in [0.15, 0.2) is 6.07 Å². The van der Waals surface area contributed by atoms with Gasteiger partial charge in [-0.1, -0.05) is 0 Å². The fraction of sp³-hybridized carbons (Fsp3) is 0.800. The van der Waals surface area contributed by atoms with E-state index in [1.54, 1.807) is 0 Å². The van der Waals surface area contributed by atoms with Crippen LogP contribution in [-0.2, 0) is 13.6 Å². The van der Waals surface area contributed by atoms with E-state index in [9.17, 15) is 5.11 Å². The lowest BCUT2D eigenvalue weighted by atomic mass is 9.71. The molecule has 1 atom stereocenters. The number of hydrogen-bond donors (Lipinski definition) is 2. The van der Waals surface area contributed by atoms with Gasteiger partial charge in [-0.05, 0) is 44.3 Å². The van der Waals surface area contributed by atoms with Gasteiger partial charge in [0.1, 0.15) is 0 Å². The largest absolute Gasteiger partial charge is 0.396 e. The molecule has 3 rings (SSSR count). The van der Waals surface area contributed by atoms with E-state index in [-0.39, 0.29) is 0 Å². The van der Waals surface area contributed by atoms with Gasteiger partial charge in [0.05, 0.1) is 11.4 Å². The first kappa shape index (κ1) is 14.0. The predicted octanol–water partition coefficient (Wildman–Crippen LogP) is 0.522. The van der Waals surface area contributed by atoms with Crippen molar-refractivity contribution in [2.75, 3.05) is 32.8 Å². The second-order valence-corrected chi connectivity index (χ2v) is 6.56. The summed E-state index contributed by atoms with van der Waals surface area (Å²) in [6.07, 6.45) is 2.39. The summed E-state index contributed by atoms with van der Waals surface area (Å²) in [7, 11) is 2.02. The molecule has 1 spiro atoms. The standard InChI is InChI=1S/C15H26N4O/c1-12-7-14(18(2)17-12)9-19-8-13(10-20)15(11-19)3-5-16-6-4-15/h7,13,16,20H,3-6,8-11H2,1-2H3. The molecule has 2 N–H and O–H groups in total. The summed E-state index contributed by atoms with van der Waals surface area (Å²) in [5, 5.41) is 17.6. The van der Waals surface area contributed by atoms with E-state index in [1.165, 1.54) is 18.5 Å². The molecule has 5 heteroatoms. The topological polar surface area (TPSA) is 53.3 Å². The lowest BCUT2D eigenvalue weighted by Gasteiger charge is -2.38. The molecule has 0 bridgehead atoms. The van der Waals surface area contributed by atoms with E-state index in [0.29, 0.717) is 17.9 Å². The summed E-state index contributed by atoms with van der Waals surface area (Å²) in [5.41, 5.74) is 2.68. The predicted molar refractivity (Wildman–Crippen MR) is 78.3 cm³/mol. The Balaban J connectivity index is 1.71. The summed E-state index contributed by atoms with van der Waals surface area (Å²) in [6.45, 7) is 7.62. The Kier molecular flexibility index (Phi) is 3.84. The maximum absolute atomic E-state index is 9.76. The summed E-state index contributed by atoms with van der Waals surface area (Å²) in [5.74, 6) is 0.430. The van der Waals surface area contributed by atoms with Crippen LogP contribution in [0.5, 0.6) is 0 Å². The molecule has 0 saturated carbocycles.